The summed E-state index contributed by atoms with van der Waals surface area (Å²) in [6.07, 6.45) is 3.54. The summed E-state index contributed by atoms with van der Waals surface area (Å²) >= 11 is 5.94. The number of aryl methyl sites for hydroxylation is 1. The van der Waals surface area contributed by atoms with Crippen molar-refractivity contribution in [3.63, 3.8) is 0 Å². The third-order valence-electron chi connectivity index (χ3n) is 4.18. The largest absolute Gasteiger partial charge is 0.492 e. The number of nitrogens with zero attached hydrogens (tertiary/aromatic N) is 5. The molecule has 0 bridgehead atoms. The molecular formula is C18H24ClIN6O2. The topological polar surface area (TPSA) is 75.0 Å². The number of carbonyl (C=O) groups is 1. The van der Waals surface area contributed by atoms with Crippen LogP contribution in [0, 0.1) is 0 Å². The molecule has 0 radical (unpaired) electrons. The minimum atomic E-state index is 0. The molecule has 1 aliphatic heterocycles. The summed E-state index contributed by atoms with van der Waals surface area (Å²) in [5, 5.41) is 8.00. The van der Waals surface area contributed by atoms with E-state index in [1.165, 1.54) is 0 Å². The van der Waals surface area contributed by atoms with E-state index in [1.807, 2.05) is 30.3 Å². The maximum absolute atomic E-state index is 12.5. The molecule has 1 amide bonds. The smallest absolute Gasteiger partial charge is 0.246 e. The second kappa shape index (κ2) is 10.5. The van der Waals surface area contributed by atoms with Crippen molar-refractivity contribution < 1.29 is 9.53 Å². The predicted molar refractivity (Wildman–Crippen MR) is 121 cm³/mol. The van der Waals surface area contributed by atoms with Gasteiger partial charge in [-0.2, -0.15) is 5.10 Å². The van der Waals surface area contributed by atoms with E-state index >= 15 is 0 Å². The fourth-order valence-electron chi connectivity index (χ4n) is 2.90. The Balaban J connectivity index is 0.00000280. The first-order chi connectivity index (χ1) is 13.1. The van der Waals surface area contributed by atoms with Crippen molar-refractivity contribution in [3.8, 4) is 5.75 Å². The molecule has 1 N–H and O–H groups in total. The molecule has 1 saturated heterocycles. The van der Waals surface area contributed by atoms with Crippen molar-refractivity contribution in [3.05, 3.63) is 41.7 Å². The summed E-state index contributed by atoms with van der Waals surface area (Å²) < 4.78 is 7.35. The molecule has 28 heavy (non-hydrogen) atoms. The average Bonchev–Trinajstić information content (AvgIpc) is 3.08. The summed E-state index contributed by atoms with van der Waals surface area (Å²) in [6.45, 7) is 2.57. The quantitative estimate of drug-likeness (QED) is 0.284. The highest BCUT2D eigenvalue weighted by Gasteiger charge is 2.27. The van der Waals surface area contributed by atoms with Crippen LogP contribution in [0.1, 0.15) is 0 Å². The molecule has 0 aliphatic carbocycles. The van der Waals surface area contributed by atoms with E-state index in [2.05, 4.69) is 15.4 Å². The maximum Gasteiger partial charge on any atom is 0.246 e. The molecule has 1 aliphatic rings. The number of aliphatic imine (C=N–C) groups is 1. The number of benzene rings is 1. The summed E-state index contributed by atoms with van der Waals surface area (Å²) in [5.74, 6) is 1.43. The van der Waals surface area contributed by atoms with Gasteiger partial charge in [0.25, 0.3) is 0 Å². The van der Waals surface area contributed by atoms with Crippen LogP contribution in [0.3, 0.4) is 0 Å². The van der Waals surface area contributed by atoms with E-state index in [4.69, 9.17) is 16.3 Å². The summed E-state index contributed by atoms with van der Waals surface area (Å²) in [4.78, 5) is 20.5. The van der Waals surface area contributed by atoms with Crippen molar-refractivity contribution >= 4 is 53.1 Å². The second-order valence-corrected chi connectivity index (χ2v) is 6.56. The number of carbonyl (C=O) groups excluding carboxylic acids is 1. The van der Waals surface area contributed by atoms with E-state index < -0.39 is 0 Å². The fourth-order valence-corrected chi connectivity index (χ4v) is 3.08. The van der Waals surface area contributed by atoms with Crippen molar-refractivity contribution in [2.24, 2.45) is 12.0 Å². The zero-order valence-corrected chi connectivity index (χ0v) is 18.9. The van der Waals surface area contributed by atoms with Crippen LogP contribution in [0.15, 0.2) is 41.7 Å². The lowest BCUT2D eigenvalue weighted by Gasteiger charge is -2.35. The first-order valence-electron chi connectivity index (χ1n) is 8.70. The number of hydrogen-bond acceptors (Lipinski definition) is 4. The van der Waals surface area contributed by atoms with Crippen LogP contribution < -0.4 is 15.0 Å². The number of nitrogens with one attached hydrogen (secondary N) is 1. The molecular weight excluding hydrogens is 495 g/mol. The lowest BCUT2D eigenvalue weighted by Crippen LogP contribution is -2.55. The van der Waals surface area contributed by atoms with Crippen LogP contribution in [-0.2, 0) is 11.8 Å². The standard InChI is InChI=1S/C18H23ClN6O2.HI/c1-20-18(21-6-9-27-16-5-3-4-14(19)10-16)24-7-8-25(17(26)13-24)15-11-22-23(2)12-15;/h3-5,10-12H,6-9,13H2,1-2H3,(H,20,21);1H. The molecule has 0 spiro atoms. The Morgan fingerprint density at radius 3 is 2.86 bits per heavy atom. The number of ether oxygens (including phenoxy) is 1. The molecule has 1 fully saturated rings. The molecule has 1 aromatic carbocycles. The summed E-state index contributed by atoms with van der Waals surface area (Å²) in [7, 11) is 3.54. The number of aromatic nitrogens is 2. The average molecular weight is 519 g/mol. The number of halogens is 2. The van der Waals surface area contributed by atoms with Crippen molar-refractivity contribution in [1.82, 2.24) is 20.0 Å². The molecule has 3 rings (SSSR count). The van der Waals surface area contributed by atoms with Gasteiger partial charge < -0.3 is 19.9 Å². The van der Waals surface area contributed by atoms with E-state index in [1.54, 1.807) is 35.0 Å². The molecule has 0 unspecified atom stereocenters. The van der Waals surface area contributed by atoms with Crippen molar-refractivity contribution in [2.45, 2.75) is 0 Å². The third kappa shape index (κ3) is 5.74. The number of piperazine rings is 1. The van der Waals surface area contributed by atoms with E-state index in [-0.39, 0.29) is 36.4 Å². The maximum atomic E-state index is 12.5. The highest BCUT2D eigenvalue weighted by Crippen LogP contribution is 2.17. The minimum Gasteiger partial charge on any atom is -0.492 e. The monoisotopic (exact) mass is 518 g/mol. The van der Waals surface area contributed by atoms with Crippen LogP contribution in [-0.4, -0.2) is 66.4 Å². The normalized spacial score (nSPS) is 14.7. The van der Waals surface area contributed by atoms with Gasteiger partial charge in [-0.1, -0.05) is 17.7 Å². The predicted octanol–water partition coefficient (Wildman–Crippen LogP) is 1.99. The Kier molecular flexibility index (Phi) is 8.36. The van der Waals surface area contributed by atoms with Gasteiger partial charge in [0.1, 0.15) is 18.9 Å². The molecule has 8 nitrogen and oxygen atoms in total. The van der Waals surface area contributed by atoms with Gasteiger partial charge in [-0.15, -0.1) is 24.0 Å². The number of amides is 1. The Morgan fingerprint density at radius 1 is 1.39 bits per heavy atom. The number of rotatable bonds is 5. The van der Waals surface area contributed by atoms with E-state index in [0.717, 1.165) is 11.4 Å². The summed E-state index contributed by atoms with van der Waals surface area (Å²) in [6, 6.07) is 7.28. The first kappa shape index (κ1) is 22.3. The Morgan fingerprint density at radius 2 is 2.21 bits per heavy atom. The molecule has 1 aromatic heterocycles. The van der Waals surface area contributed by atoms with Gasteiger partial charge in [0, 0.05) is 38.4 Å². The van der Waals surface area contributed by atoms with E-state index in [0.29, 0.717) is 37.2 Å². The lowest BCUT2D eigenvalue weighted by atomic mass is 10.3. The minimum absolute atomic E-state index is 0. The summed E-state index contributed by atoms with van der Waals surface area (Å²) in [5.41, 5.74) is 0.819. The van der Waals surface area contributed by atoms with Crippen molar-refractivity contribution in [1.29, 1.82) is 0 Å². The first-order valence-corrected chi connectivity index (χ1v) is 9.07. The zero-order chi connectivity index (χ0) is 19.2. The number of guanidine groups is 1. The highest BCUT2D eigenvalue weighted by atomic mass is 127. The van der Waals surface area contributed by atoms with Crippen LogP contribution >= 0.6 is 35.6 Å². The fraction of sp³-hybridized carbons (Fsp3) is 0.389. The molecule has 0 saturated carbocycles. The van der Waals surface area contributed by atoms with Gasteiger partial charge in [-0.3, -0.25) is 14.5 Å². The molecule has 0 atom stereocenters. The third-order valence-corrected chi connectivity index (χ3v) is 4.42. The molecule has 2 heterocycles. The van der Waals surface area contributed by atoms with Crippen LogP contribution in [0.25, 0.3) is 0 Å². The van der Waals surface area contributed by atoms with Gasteiger partial charge in [0.2, 0.25) is 5.91 Å². The van der Waals surface area contributed by atoms with Gasteiger partial charge >= 0.3 is 0 Å². The van der Waals surface area contributed by atoms with Gasteiger partial charge in [0.15, 0.2) is 5.96 Å². The number of anilines is 1. The molecule has 152 valence electrons. The number of hydrogen-bond donors (Lipinski definition) is 1. The SMILES string of the molecule is CN=C(NCCOc1cccc(Cl)c1)N1CCN(c2cnn(C)c2)C(=O)C1.I. The van der Waals surface area contributed by atoms with Crippen LogP contribution in [0.2, 0.25) is 5.02 Å². The molecule has 2 aromatic rings. The highest BCUT2D eigenvalue weighted by molar-refractivity contribution is 14.0. The van der Waals surface area contributed by atoms with E-state index in [9.17, 15) is 4.79 Å². The van der Waals surface area contributed by atoms with Crippen molar-refractivity contribution in [2.75, 3.05) is 44.7 Å². The zero-order valence-electron chi connectivity index (χ0n) is 15.8. The lowest BCUT2D eigenvalue weighted by molar-refractivity contribution is -0.120. The van der Waals surface area contributed by atoms with Gasteiger partial charge in [-0.25, -0.2) is 0 Å². The Hall–Kier alpha value is -2.01. The van der Waals surface area contributed by atoms with Crippen LogP contribution in [0.5, 0.6) is 5.75 Å². The Labute approximate surface area is 186 Å². The van der Waals surface area contributed by atoms with Gasteiger partial charge in [-0.05, 0) is 18.2 Å². The van der Waals surface area contributed by atoms with Gasteiger partial charge in [0.05, 0.1) is 18.4 Å². The van der Waals surface area contributed by atoms with Crippen LogP contribution in [0.4, 0.5) is 5.69 Å². The molecule has 10 heteroatoms. The second-order valence-electron chi connectivity index (χ2n) is 6.12. The Bertz CT molecular complexity index is 828.